The second kappa shape index (κ2) is 26.9. The van der Waals surface area contributed by atoms with Crippen molar-refractivity contribution < 1.29 is 0 Å². The summed E-state index contributed by atoms with van der Waals surface area (Å²) in [4.78, 5) is 9.65. The lowest BCUT2D eigenvalue weighted by atomic mass is 9.93. The molecule has 0 radical (unpaired) electrons. The summed E-state index contributed by atoms with van der Waals surface area (Å²) in [5.41, 5.74) is 24.2. The van der Waals surface area contributed by atoms with E-state index in [1.54, 1.807) is 0 Å². The third kappa shape index (κ3) is 12.5. The van der Waals surface area contributed by atoms with Crippen molar-refractivity contribution in [1.29, 1.82) is 0 Å². The zero-order valence-corrected chi connectivity index (χ0v) is 55.9. The predicted molar refractivity (Wildman–Crippen MR) is 416 cm³/mol. The SMILES string of the molecule is CC(C)c1ccc(-c2ccc3cc(N(c4ccc5cc(-c6ccc(C(C)C)cc6N(c6ccccc6)c6ccccc6)ccc5c4)c4ccc5cc(-c6ccc(C(C)C)cc6N(c6ccccc6)c6ccccc6)ccc5c4)ccc3c2)c(N(c2ccccc2)c2ccccc2)c1. The molecule has 0 amide bonds. The number of nitrogens with zero attached hydrogens (tertiary/aromatic N) is 4. The van der Waals surface area contributed by atoms with E-state index in [2.05, 4.69) is 407 Å². The Morgan fingerprint density at radius 3 is 0.619 bits per heavy atom. The lowest BCUT2D eigenvalue weighted by Crippen LogP contribution is -2.12. The van der Waals surface area contributed by atoms with Crippen LogP contribution in [0.4, 0.5) is 68.2 Å². The second-order valence-electron chi connectivity index (χ2n) is 26.4. The molecule has 0 aromatic heterocycles. The summed E-state index contributed by atoms with van der Waals surface area (Å²) in [6.07, 6.45) is 0. The van der Waals surface area contributed by atoms with E-state index in [0.29, 0.717) is 17.8 Å². The van der Waals surface area contributed by atoms with Gasteiger partial charge in [0.1, 0.15) is 0 Å². The molecule has 97 heavy (non-hydrogen) atoms. The van der Waals surface area contributed by atoms with Crippen molar-refractivity contribution in [2.45, 2.75) is 59.3 Å². The third-order valence-electron chi connectivity index (χ3n) is 19.1. The summed E-state index contributed by atoms with van der Waals surface area (Å²) in [5, 5.41) is 6.97. The molecule has 0 aliphatic carbocycles. The average Bonchev–Trinajstić information content (AvgIpc) is 0.786. The van der Waals surface area contributed by atoms with Gasteiger partial charge in [-0.2, -0.15) is 0 Å². The van der Waals surface area contributed by atoms with Gasteiger partial charge in [-0.05, 0) is 229 Å². The van der Waals surface area contributed by atoms with E-state index in [4.69, 9.17) is 0 Å². The molecule has 0 aliphatic heterocycles. The monoisotopic (exact) mass is 1250 g/mol. The number of fused-ring (bicyclic) bond motifs is 3. The summed E-state index contributed by atoms with van der Waals surface area (Å²) in [7, 11) is 0. The fourth-order valence-corrected chi connectivity index (χ4v) is 13.8. The van der Waals surface area contributed by atoms with Crippen LogP contribution < -0.4 is 19.6 Å². The Labute approximate surface area is 571 Å². The van der Waals surface area contributed by atoms with Crippen molar-refractivity contribution in [3.8, 4) is 33.4 Å². The minimum Gasteiger partial charge on any atom is -0.310 e. The van der Waals surface area contributed by atoms with Gasteiger partial charge in [0.15, 0.2) is 0 Å². The largest absolute Gasteiger partial charge is 0.310 e. The van der Waals surface area contributed by atoms with Gasteiger partial charge in [0.2, 0.25) is 0 Å². The Morgan fingerprint density at radius 2 is 0.392 bits per heavy atom. The van der Waals surface area contributed by atoms with Crippen LogP contribution in [0.3, 0.4) is 0 Å². The molecule has 15 aromatic rings. The Kier molecular flexibility index (Phi) is 17.1. The maximum atomic E-state index is 2.44. The van der Waals surface area contributed by atoms with Gasteiger partial charge < -0.3 is 19.6 Å². The van der Waals surface area contributed by atoms with Crippen LogP contribution in [0, 0.1) is 0 Å². The lowest BCUT2D eigenvalue weighted by Gasteiger charge is -2.29. The maximum absolute atomic E-state index is 2.44. The fraction of sp³-hybridized carbons (Fsp3) is 0.0968. The third-order valence-corrected chi connectivity index (χ3v) is 19.1. The number of para-hydroxylation sites is 6. The molecule has 0 saturated carbocycles. The van der Waals surface area contributed by atoms with Gasteiger partial charge in [-0.15, -0.1) is 0 Å². The predicted octanol–water partition coefficient (Wildman–Crippen LogP) is 27.4. The van der Waals surface area contributed by atoms with Gasteiger partial charge >= 0.3 is 0 Å². The molecule has 0 spiro atoms. The lowest BCUT2D eigenvalue weighted by molar-refractivity contribution is 0.866. The first-order valence-corrected chi connectivity index (χ1v) is 34.1. The standard InChI is InChI=1S/C93H78N4/c1-64(2)67-46-52-88(91(61-67)95(79-25-13-7-14-26-79)80-27-15-8-16-28-80)76-40-37-73-58-85(49-43-70(73)55-76)94(86-50-44-71-56-77(41-38-74(71)59-86)89-53-47-68(65(3)4)62-92(89)96(81-29-17-9-18-30-81)82-31-19-10-20-32-82)87-51-45-72-57-78(42-39-75(72)60-87)90-54-48-69(66(5)6)63-93(90)97(83-33-21-11-22-34-83)84-35-23-12-24-36-84/h7-66H,1-6H3. The molecular formula is C93H78N4. The minimum absolute atomic E-state index is 0.356. The Balaban J connectivity index is 0.852. The van der Waals surface area contributed by atoms with Crippen molar-refractivity contribution in [3.05, 3.63) is 362 Å². The van der Waals surface area contributed by atoms with E-state index < -0.39 is 0 Å². The highest BCUT2D eigenvalue weighted by Crippen LogP contribution is 2.48. The Bertz CT molecular complexity index is 4620. The quantitative estimate of drug-likeness (QED) is 0.0849. The van der Waals surface area contributed by atoms with Crippen LogP contribution in [0.5, 0.6) is 0 Å². The molecule has 0 fully saturated rings. The topological polar surface area (TPSA) is 13.0 Å². The van der Waals surface area contributed by atoms with Gasteiger partial charge in [0.25, 0.3) is 0 Å². The molecule has 0 bridgehead atoms. The van der Waals surface area contributed by atoms with Crippen LogP contribution in [0.25, 0.3) is 65.7 Å². The molecule has 15 aromatic carbocycles. The van der Waals surface area contributed by atoms with E-state index in [1.165, 1.54) is 49.5 Å². The highest BCUT2D eigenvalue weighted by atomic mass is 15.2. The molecular weight excluding hydrogens is 1170 g/mol. The molecule has 4 heteroatoms. The van der Waals surface area contributed by atoms with Crippen LogP contribution in [0.15, 0.2) is 346 Å². The Hall–Kier alpha value is -11.7. The smallest absolute Gasteiger partial charge is 0.0542 e. The molecule has 0 N–H and O–H groups in total. The molecule has 15 rings (SSSR count). The average molecular weight is 1250 g/mol. The maximum Gasteiger partial charge on any atom is 0.0542 e. The van der Waals surface area contributed by atoms with Crippen molar-refractivity contribution in [1.82, 2.24) is 0 Å². The summed E-state index contributed by atoms with van der Waals surface area (Å²) >= 11 is 0. The van der Waals surface area contributed by atoms with Crippen molar-refractivity contribution in [3.63, 3.8) is 0 Å². The fourth-order valence-electron chi connectivity index (χ4n) is 13.8. The van der Waals surface area contributed by atoms with E-state index in [9.17, 15) is 0 Å². The van der Waals surface area contributed by atoms with E-state index in [0.717, 1.165) is 101 Å². The van der Waals surface area contributed by atoms with Gasteiger partial charge in [0, 0.05) is 67.9 Å². The number of anilines is 12. The summed E-state index contributed by atoms with van der Waals surface area (Å²) in [5.74, 6) is 1.07. The molecule has 0 aliphatic rings. The normalized spacial score (nSPS) is 11.5. The van der Waals surface area contributed by atoms with Crippen molar-refractivity contribution >= 4 is 101 Å². The molecule has 470 valence electrons. The van der Waals surface area contributed by atoms with Crippen LogP contribution in [-0.2, 0) is 0 Å². The van der Waals surface area contributed by atoms with Crippen LogP contribution in [-0.4, -0.2) is 0 Å². The van der Waals surface area contributed by atoms with Crippen molar-refractivity contribution in [2.24, 2.45) is 0 Å². The molecule has 0 atom stereocenters. The van der Waals surface area contributed by atoms with Gasteiger partial charge in [-0.25, -0.2) is 0 Å². The zero-order valence-electron chi connectivity index (χ0n) is 55.9. The zero-order chi connectivity index (χ0) is 65.9. The number of hydrogen-bond donors (Lipinski definition) is 0. The van der Waals surface area contributed by atoms with E-state index in [1.807, 2.05) is 0 Å². The molecule has 0 unspecified atom stereocenters. The van der Waals surface area contributed by atoms with Crippen LogP contribution in [0.1, 0.15) is 76.0 Å². The summed E-state index contributed by atoms with van der Waals surface area (Å²) < 4.78 is 0. The first-order chi connectivity index (χ1) is 47.6. The number of rotatable bonds is 18. The molecule has 0 heterocycles. The molecule has 4 nitrogen and oxygen atoms in total. The number of hydrogen-bond acceptors (Lipinski definition) is 4. The minimum atomic E-state index is 0.356. The van der Waals surface area contributed by atoms with Crippen LogP contribution >= 0.6 is 0 Å². The highest BCUT2D eigenvalue weighted by molar-refractivity contribution is 6.01. The second-order valence-corrected chi connectivity index (χ2v) is 26.4. The Morgan fingerprint density at radius 1 is 0.175 bits per heavy atom. The summed E-state index contributed by atoms with van der Waals surface area (Å²) in [6, 6.07) is 127. The first kappa shape index (κ1) is 61.5. The van der Waals surface area contributed by atoms with E-state index in [-0.39, 0.29) is 0 Å². The van der Waals surface area contributed by atoms with Crippen LogP contribution in [0.2, 0.25) is 0 Å². The van der Waals surface area contributed by atoms with Gasteiger partial charge in [0.05, 0.1) is 17.1 Å². The van der Waals surface area contributed by atoms with Gasteiger partial charge in [-0.3, -0.25) is 0 Å². The van der Waals surface area contributed by atoms with Crippen molar-refractivity contribution in [2.75, 3.05) is 19.6 Å². The first-order valence-electron chi connectivity index (χ1n) is 34.1. The van der Waals surface area contributed by atoms with E-state index >= 15 is 0 Å². The summed E-state index contributed by atoms with van der Waals surface area (Å²) in [6.45, 7) is 13.7. The van der Waals surface area contributed by atoms with Gasteiger partial charge in [-0.1, -0.05) is 242 Å². The highest BCUT2D eigenvalue weighted by Gasteiger charge is 2.24. The number of benzene rings is 15. The molecule has 0 saturated heterocycles.